The van der Waals surface area contributed by atoms with Crippen molar-refractivity contribution in [1.29, 1.82) is 0 Å². The van der Waals surface area contributed by atoms with E-state index in [0.717, 1.165) is 31.4 Å². The van der Waals surface area contributed by atoms with E-state index in [9.17, 15) is 9.18 Å². The molecule has 1 aliphatic carbocycles. The van der Waals surface area contributed by atoms with Crippen molar-refractivity contribution in [3.63, 3.8) is 0 Å². The van der Waals surface area contributed by atoms with Crippen molar-refractivity contribution in [3.8, 4) is 0 Å². The molecule has 0 atom stereocenters. The zero-order chi connectivity index (χ0) is 14.8. The summed E-state index contributed by atoms with van der Waals surface area (Å²) in [6.07, 6.45) is 5.52. The third-order valence-corrected chi connectivity index (χ3v) is 4.41. The molecule has 0 radical (unpaired) electrons. The van der Waals surface area contributed by atoms with Gasteiger partial charge in [0.25, 0.3) is 5.91 Å². The van der Waals surface area contributed by atoms with Crippen LogP contribution in [0.1, 0.15) is 33.8 Å². The van der Waals surface area contributed by atoms with E-state index in [1.807, 2.05) is 0 Å². The SMILES string of the molecule is NNc1nccc(C(=O)Nc2nc3c(s2)CCCC3)c1F. The molecule has 0 saturated heterocycles. The number of nitrogens with two attached hydrogens (primary N) is 1. The molecule has 0 fully saturated rings. The Kier molecular flexibility index (Phi) is 3.80. The molecule has 2 aromatic heterocycles. The third-order valence-electron chi connectivity index (χ3n) is 3.34. The maximum absolute atomic E-state index is 14.0. The topological polar surface area (TPSA) is 92.9 Å². The Bertz CT molecular complexity index is 664. The van der Waals surface area contributed by atoms with Crippen LogP contribution in [0, 0.1) is 5.82 Å². The number of nitrogens with one attached hydrogen (secondary N) is 2. The summed E-state index contributed by atoms with van der Waals surface area (Å²) in [6.45, 7) is 0. The van der Waals surface area contributed by atoms with Gasteiger partial charge in [-0.3, -0.25) is 10.1 Å². The van der Waals surface area contributed by atoms with E-state index in [-0.39, 0.29) is 11.4 Å². The normalized spacial score (nSPS) is 13.6. The van der Waals surface area contributed by atoms with Crippen molar-refractivity contribution >= 4 is 28.2 Å². The van der Waals surface area contributed by atoms with Crippen LogP contribution in [0.25, 0.3) is 0 Å². The monoisotopic (exact) mass is 307 g/mol. The van der Waals surface area contributed by atoms with E-state index in [4.69, 9.17) is 5.84 Å². The lowest BCUT2D eigenvalue weighted by Crippen LogP contribution is -2.17. The Hall–Kier alpha value is -2.06. The van der Waals surface area contributed by atoms with Gasteiger partial charge in [-0.2, -0.15) is 0 Å². The van der Waals surface area contributed by atoms with Crippen LogP contribution in [0.2, 0.25) is 0 Å². The number of rotatable bonds is 3. The van der Waals surface area contributed by atoms with E-state index in [1.165, 1.54) is 28.5 Å². The van der Waals surface area contributed by atoms with Gasteiger partial charge in [0.05, 0.1) is 11.3 Å². The first-order valence-corrected chi connectivity index (χ1v) is 7.41. The van der Waals surface area contributed by atoms with Crippen molar-refractivity contribution in [1.82, 2.24) is 9.97 Å². The van der Waals surface area contributed by atoms with Crippen LogP contribution in [-0.2, 0) is 12.8 Å². The maximum Gasteiger partial charge on any atom is 0.260 e. The number of anilines is 2. The van der Waals surface area contributed by atoms with Crippen LogP contribution in [0.4, 0.5) is 15.3 Å². The van der Waals surface area contributed by atoms with Crippen LogP contribution >= 0.6 is 11.3 Å². The fourth-order valence-electron chi connectivity index (χ4n) is 2.29. The molecular weight excluding hydrogens is 293 g/mol. The molecule has 2 aromatic rings. The second-order valence-corrected chi connectivity index (χ2v) is 5.80. The first-order valence-electron chi connectivity index (χ1n) is 6.60. The van der Waals surface area contributed by atoms with E-state index >= 15 is 0 Å². The lowest BCUT2D eigenvalue weighted by atomic mass is 10.0. The summed E-state index contributed by atoms with van der Waals surface area (Å²) in [4.78, 5) is 21.4. The number of hydrogen-bond acceptors (Lipinski definition) is 6. The smallest absolute Gasteiger partial charge is 0.260 e. The van der Waals surface area contributed by atoms with Crippen molar-refractivity contribution < 1.29 is 9.18 Å². The molecule has 1 amide bonds. The van der Waals surface area contributed by atoms with Gasteiger partial charge in [-0.25, -0.2) is 20.2 Å². The van der Waals surface area contributed by atoms with Crippen molar-refractivity contribution in [2.75, 3.05) is 10.7 Å². The summed E-state index contributed by atoms with van der Waals surface area (Å²) < 4.78 is 14.0. The van der Waals surface area contributed by atoms with E-state index in [2.05, 4.69) is 20.7 Å². The predicted molar refractivity (Wildman–Crippen MR) is 78.7 cm³/mol. The number of nitrogens with zero attached hydrogens (tertiary/aromatic N) is 2. The number of pyridine rings is 1. The van der Waals surface area contributed by atoms with Crippen LogP contribution in [-0.4, -0.2) is 15.9 Å². The summed E-state index contributed by atoms with van der Waals surface area (Å²) in [5.74, 6) is 3.64. The van der Waals surface area contributed by atoms with Gasteiger partial charge in [-0.1, -0.05) is 0 Å². The largest absolute Gasteiger partial charge is 0.306 e. The molecule has 0 saturated carbocycles. The second kappa shape index (κ2) is 5.74. The lowest BCUT2D eigenvalue weighted by Gasteiger charge is -2.06. The number of carbonyl (C=O) groups excluding carboxylic acids is 1. The minimum absolute atomic E-state index is 0.119. The second-order valence-electron chi connectivity index (χ2n) is 4.72. The Morgan fingerprint density at radius 3 is 2.95 bits per heavy atom. The summed E-state index contributed by atoms with van der Waals surface area (Å²) in [5, 5.41) is 3.14. The molecule has 3 rings (SSSR count). The first-order chi connectivity index (χ1) is 10.2. The molecule has 8 heteroatoms. The summed E-state index contributed by atoms with van der Waals surface area (Å²) in [5.41, 5.74) is 3.04. The first kappa shape index (κ1) is 13.9. The summed E-state index contributed by atoms with van der Waals surface area (Å²) in [7, 11) is 0. The molecule has 0 aliphatic heterocycles. The highest BCUT2D eigenvalue weighted by molar-refractivity contribution is 7.15. The van der Waals surface area contributed by atoms with Gasteiger partial charge >= 0.3 is 0 Å². The van der Waals surface area contributed by atoms with Crippen LogP contribution in [0.15, 0.2) is 12.3 Å². The summed E-state index contributed by atoms with van der Waals surface area (Å²) in [6, 6.07) is 1.30. The number of aromatic nitrogens is 2. The molecular formula is C13H14FN5OS. The molecule has 4 N–H and O–H groups in total. The minimum atomic E-state index is -0.779. The number of aryl methyl sites for hydroxylation is 2. The quantitative estimate of drug-likeness (QED) is 0.596. The summed E-state index contributed by atoms with van der Waals surface area (Å²) >= 11 is 1.45. The number of hydrogen-bond donors (Lipinski definition) is 3. The number of carbonyl (C=O) groups is 1. The van der Waals surface area contributed by atoms with Crippen molar-refractivity contribution in [2.45, 2.75) is 25.7 Å². The van der Waals surface area contributed by atoms with Gasteiger partial charge < -0.3 is 5.43 Å². The lowest BCUT2D eigenvalue weighted by molar-refractivity contribution is 0.102. The highest BCUT2D eigenvalue weighted by atomic mass is 32.1. The van der Waals surface area contributed by atoms with E-state index in [1.54, 1.807) is 0 Å². The standard InChI is InChI=1S/C13H14FN5OS/c14-10-7(5-6-16-11(10)19-15)12(20)18-13-17-8-3-1-2-4-9(8)21-13/h5-6H,1-4,15H2,(H,16,19)(H,17,18,20). The number of halogens is 1. The van der Waals surface area contributed by atoms with Crippen LogP contribution < -0.4 is 16.6 Å². The Balaban J connectivity index is 1.82. The fraction of sp³-hybridized carbons (Fsp3) is 0.308. The van der Waals surface area contributed by atoms with Gasteiger partial charge in [0.2, 0.25) is 0 Å². The van der Waals surface area contributed by atoms with Gasteiger partial charge in [0.1, 0.15) is 0 Å². The van der Waals surface area contributed by atoms with E-state index in [0.29, 0.717) is 5.13 Å². The third kappa shape index (κ3) is 2.72. The van der Waals surface area contributed by atoms with Crippen LogP contribution in [0.5, 0.6) is 0 Å². The Morgan fingerprint density at radius 2 is 2.19 bits per heavy atom. The number of fused-ring (bicyclic) bond motifs is 1. The number of thiazole rings is 1. The maximum atomic E-state index is 14.0. The molecule has 0 spiro atoms. The van der Waals surface area contributed by atoms with Crippen LogP contribution in [0.3, 0.4) is 0 Å². The van der Waals surface area contributed by atoms with Crippen molar-refractivity contribution in [2.24, 2.45) is 5.84 Å². The average molecular weight is 307 g/mol. The zero-order valence-corrected chi connectivity index (χ0v) is 12.0. The van der Waals surface area contributed by atoms with Gasteiger partial charge in [0, 0.05) is 11.1 Å². The van der Waals surface area contributed by atoms with Crippen molar-refractivity contribution in [3.05, 3.63) is 34.2 Å². The highest BCUT2D eigenvalue weighted by Crippen LogP contribution is 2.30. The zero-order valence-electron chi connectivity index (χ0n) is 11.1. The minimum Gasteiger partial charge on any atom is -0.306 e. The Labute approximate surface area is 124 Å². The van der Waals surface area contributed by atoms with Gasteiger partial charge in [0.15, 0.2) is 16.8 Å². The molecule has 0 unspecified atom stereocenters. The van der Waals surface area contributed by atoms with Gasteiger partial charge in [-0.15, -0.1) is 11.3 Å². The predicted octanol–water partition coefficient (Wildman–Crippen LogP) is 2.09. The fourth-order valence-corrected chi connectivity index (χ4v) is 3.33. The molecule has 21 heavy (non-hydrogen) atoms. The molecule has 0 aromatic carbocycles. The molecule has 1 aliphatic rings. The number of hydrazine groups is 1. The molecule has 2 heterocycles. The molecule has 110 valence electrons. The average Bonchev–Trinajstić information content (AvgIpc) is 2.89. The van der Waals surface area contributed by atoms with E-state index < -0.39 is 11.7 Å². The van der Waals surface area contributed by atoms with Gasteiger partial charge in [-0.05, 0) is 31.7 Å². The highest BCUT2D eigenvalue weighted by Gasteiger charge is 2.19. The molecule has 6 nitrogen and oxygen atoms in total. The Morgan fingerprint density at radius 1 is 1.38 bits per heavy atom. The molecule has 0 bridgehead atoms. The number of nitrogen functional groups attached to an aromatic ring is 1. The number of amides is 1.